The fourth-order valence-corrected chi connectivity index (χ4v) is 2.15. The summed E-state index contributed by atoms with van der Waals surface area (Å²) in [4.78, 5) is 11.7. The topological polar surface area (TPSA) is 50.4 Å². The van der Waals surface area contributed by atoms with E-state index in [9.17, 15) is 9.18 Å². The molecule has 4 nitrogen and oxygen atoms in total. The highest BCUT2D eigenvalue weighted by atomic mass is 19.1. The standard InChI is InChI=1S/C18H29FN2O2/c1-12(2)16(11-21-17(22)23-18(4,5)6)20-10-14-7-8-15(19)9-13(14)3/h7-9,12,16,20H,10-11H2,1-6H3,(H,21,22). The highest BCUT2D eigenvalue weighted by molar-refractivity contribution is 5.67. The Morgan fingerprint density at radius 3 is 2.48 bits per heavy atom. The summed E-state index contributed by atoms with van der Waals surface area (Å²) in [5.41, 5.74) is 1.46. The summed E-state index contributed by atoms with van der Waals surface area (Å²) in [5.74, 6) is 0.115. The average molecular weight is 324 g/mol. The number of carbonyl (C=O) groups is 1. The third-order valence-corrected chi connectivity index (χ3v) is 3.53. The minimum atomic E-state index is -0.504. The van der Waals surface area contributed by atoms with Crippen LogP contribution in [0.5, 0.6) is 0 Å². The highest BCUT2D eigenvalue weighted by Gasteiger charge is 2.19. The fraction of sp³-hybridized carbons (Fsp3) is 0.611. The number of hydrogen-bond donors (Lipinski definition) is 2. The number of benzene rings is 1. The molecule has 0 fully saturated rings. The molecule has 5 heteroatoms. The van der Waals surface area contributed by atoms with Crippen molar-refractivity contribution in [3.8, 4) is 0 Å². The Morgan fingerprint density at radius 1 is 1.30 bits per heavy atom. The number of nitrogens with one attached hydrogen (secondary N) is 2. The van der Waals surface area contributed by atoms with Crippen molar-refractivity contribution in [3.05, 3.63) is 35.1 Å². The SMILES string of the molecule is Cc1cc(F)ccc1CNC(CNC(=O)OC(C)(C)C)C(C)C. The summed E-state index contributed by atoms with van der Waals surface area (Å²) in [6.07, 6.45) is -0.414. The lowest BCUT2D eigenvalue weighted by Crippen LogP contribution is -2.45. The van der Waals surface area contributed by atoms with E-state index >= 15 is 0 Å². The van der Waals surface area contributed by atoms with Crippen molar-refractivity contribution >= 4 is 6.09 Å². The predicted octanol–water partition coefficient (Wildman–Crippen LogP) is 3.77. The van der Waals surface area contributed by atoms with Gasteiger partial charge in [0.05, 0.1) is 0 Å². The molecule has 0 radical (unpaired) electrons. The van der Waals surface area contributed by atoms with Gasteiger partial charge >= 0.3 is 6.09 Å². The van der Waals surface area contributed by atoms with Crippen LogP contribution in [0.2, 0.25) is 0 Å². The van der Waals surface area contributed by atoms with Gasteiger partial charge in [-0.15, -0.1) is 0 Å². The molecule has 1 rings (SSSR count). The molecule has 1 aromatic rings. The van der Waals surface area contributed by atoms with E-state index in [0.29, 0.717) is 19.0 Å². The Bertz CT molecular complexity index is 524. The Labute approximate surface area is 138 Å². The second kappa shape index (κ2) is 8.29. The number of alkyl carbamates (subject to hydrolysis) is 1. The first-order chi connectivity index (χ1) is 10.6. The zero-order valence-corrected chi connectivity index (χ0v) is 15.0. The monoisotopic (exact) mass is 324 g/mol. The van der Waals surface area contributed by atoms with Gasteiger partial charge in [0.1, 0.15) is 11.4 Å². The third kappa shape index (κ3) is 7.46. The van der Waals surface area contributed by atoms with Crippen molar-refractivity contribution in [2.24, 2.45) is 5.92 Å². The summed E-state index contributed by atoms with van der Waals surface area (Å²) in [7, 11) is 0. The molecule has 1 amide bonds. The van der Waals surface area contributed by atoms with E-state index in [-0.39, 0.29) is 11.9 Å². The van der Waals surface area contributed by atoms with Gasteiger partial charge < -0.3 is 15.4 Å². The summed E-state index contributed by atoms with van der Waals surface area (Å²) >= 11 is 0. The molecule has 1 unspecified atom stereocenters. The first-order valence-corrected chi connectivity index (χ1v) is 8.04. The molecule has 0 heterocycles. The molecule has 0 bridgehead atoms. The molecule has 1 aromatic carbocycles. The van der Waals surface area contributed by atoms with Crippen LogP contribution in [0.15, 0.2) is 18.2 Å². The average Bonchev–Trinajstić information content (AvgIpc) is 2.38. The second-order valence-electron chi connectivity index (χ2n) is 7.19. The molecule has 130 valence electrons. The van der Waals surface area contributed by atoms with Gasteiger partial charge in [0, 0.05) is 19.1 Å². The molecular weight excluding hydrogens is 295 g/mol. The predicted molar refractivity (Wildman–Crippen MR) is 90.8 cm³/mol. The largest absolute Gasteiger partial charge is 0.444 e. The Morgan fingerprint density at radius 2 is 1.96 bits per heavy atom. The van der Waals surface area contributed by atoms with Gasteiger partial charge in [0.15, 0.2) is 0 Å². The molecule has 1 atom stereocenters. The molecule has 0 aliphatic heterocycles. The Balaban J connectivity index is 2.54. The molecule has 0 spiro atoms. The van der Waals surface area contributed by atoms with E-state index in [2.05, 4.69) is 24.5 Å². The van der Waals surface area contributed by atoms with Crippen LogP contribution in [-0.2, 0) is 11.3 Å². The van der Waals surface area contributed by atoms with Crippen LogP contribution < -0.4 is 10.6 Å². The lowest BCUT2D eigenvalue weighted by molar-refractivity contribution is 0.0519. The quantitative estimate of drug-likeness (QED) is 0.837. The van der Waals surface area contributed by atoms with Gasteiger partial charge in [-0.25, -0.2) is 9.18 Å². The molecule has 0 saturated heterocycles. The highest BCUT2D eigenvalue weighted by Crippen LogP contribution is 2.11. The van der Waals surface area contributed by atoms with Gasteiger partial charge in [-0.3, -0.25) is 0 Å². The minimum absolute atomic E-state index is 0.104. The first-order valence-electron chi connectivity index (χ1n) is 8.04. The van der Waals surface area contributed by atoms with Crippen molar-refractivity contribution in [1.82, 2.24) is 10.6 Å². The van der Waals surface area contributed by atoms with Gasteiger partial charge in [-0.05, 0) is 56.9 Å². The van der Waals surface area contributed by atoms with Crippen molar-refractivity contribution < 1.29 is 13.9 Å². The number of hydrogen-bond acceptors (Lipinski definition) is 3. The minimum Gasteiger partial charge on any atom is -0.444 e. The van der Waals surface area contributed by atoms with E-state index in [1.54, 1.807) is 6.07 Å². The molecule has 0 aromatic heterocycles. The Hall–Kier alpha value is -1.62. The maximum Gasteiger partial charge on any atom is 0.407 e. The molecule has 23 heavy (non-hydrogen) atoms. The van der Waals surface area contributed by atoms with E-state index in [1.807, 2.05) is 27.7 Å². The van der Waals surface area contributed by atoms with Crippen LogP contribution in [0.3, 0.4) is 0 Å². The van der Waals surface area contributed by atoms with Crippen LogP contribution in [0.25, 0.3) is 0 Å². The van der Waals surface area contributed by atoms with Crippen LogP contribution in [0.4, 0.5) is 9.18 Å². The van der Waals surface area contributed by atoms with Crippen molar-refractivity contribution in [3.63, 3.8) is 0 Å². The zero-order valence-electron chi connectivity index (χ0n) is 15.0. The third-order valence-electron chi connectivity index (χ3n) is 3.53. The van der Waals surface area contributed by atoms with Crippen molar-refractivity contribution in [2.75, 3.05) is 6.54 Å². The molecular formula is C18H29FN2O2. The van der Waals surface area contributed by atoms with E-state index in [0.717, 1.165) is 11.1 Å². The van der Waals surface area contributed by atoms with Gasteiger partial charge in [0.25, 0.3) is 0 Å². The summed E-state index contributed by atoms with van der Waals surface area (Å²) in [5, 5.41) is 6.22. The summed E-state index contributed by atoms with van der Waals surface area (Å²) in [6, 6.07) is 4.89. The summed E-state index contributed by atoms with van der Waals surface area (Å²) < 4.78 is 18.4. The zero-order chi connectivity index (χ0) is 17.6. The first kappa shape index (κ1) is 19.4. The number of halogens is 1. The molecule has 0 aliphatic rings. The lowest BCUT2D eigenvalue weighted by Gasteiger charge is -2.25. The molecule has 0 saturated carbocycles. The molecule has 2 N–H and O–H groups in total. The maximum absolute atomic E-state index is 13.1. The lowest BCUT2D eigenvalue weighted by atomic mass is 10.0. The van der Waals surface area contributed by atoms with Gasteiger partial charge in [-0.2, -0.15) is 0 Å². The number of rotatable bonds is 6. The van der Waals surface area contributed by atoms with Gasteiger partial charge in [0.2, 0.25) is 0 Å². The number of ether oxygens (including phenoxy) is 1. The second-order valence-corrected chi connectivity index (χ2v) is 7.19. The van der Waals surface area contributed by atoms with E-state index in [4.69, 9.17) is 4.74 Å². The fourth-order valence-electron chi connectivity index (χ4n) is 2.15. The normalized spacial score (nSPS) is 13.0. The number of carbonyl (C=O) groups excluding carboxylic acids is 1. The van der Waals surface area contributed by atoms with Crippen LogP contribution in [0.1, 0.15) is 45.7 Å². The van der Waals surface area contributed by atoms with E-state index in [1.165, 1.54) is 12.1 Å². The van der Waals surface area contributed by atoms with Crippen LogP contribution >= 0.6 is 0 Å². The van der Waals surface area contributed by atoms with Gasteiger partial charge in [-0.1, -0.05) is 19.9 Å². The number of aryl methyl sites for hydroxylation is 1. The smallest absolute Gasteiger partial charge is 0.407 e. The van der Waals surface area contributed by atoms with Crippen LogP contribution in [-0.4, -0.2) is 24.3 Å². The van der Waals surface area contributed by atoms with E-state index < -0.39 is 11.7 Å². The maximum atomic E-state index is 13.1. The van der Waals surface area contributed by atoms with Crippen molar-refractivity contribution in [2.45, 2.75) is 59.7 Å². The van der Waals surface area contributed by atoms with Crippen molar-refractivity contribution in [1.29, 1.82) is 0 Å². The van der Waals surface area contributed by atoms with Crippen LogP contribution in [0, 0.1) is 18.7 Å². The Kier molecular flexibility index (Phi) is 7.01. The summed E-state index contributed by atoms with van der Waals surface area (Å²) in [6.45, 7) is 12.7. The number of amides is 1. The molecule has 0 aliphatic carbocycles.